The molecule has 3 heterocycles. The highest BCUT2D eigenvalue weighted by molar-refractivity contribution is 7.53. The molecule has 0 aromatic heterocycles. The summed E-state index contributed by atoms with van der Waals surface area (Å²) >= 11 is 0. The second-order valence-corrected chi connectivity index (χ2v) is 10.9. The van der Waals surface area contributed by atoms with E-state index in [0.29, 0.717) is 18.6 Å². The normalized spacial score (nSPS) is 38.2. The predicted molar refractivity (Wildman–Crippen MR) is 118 cm³/mol. The number of methoxy groups -OCH3 is 1. The van der Waals surface area contributed by atoms with Crippen molar-refractivity contribution in [3.05, 3.63) is 12.3 Å². The van der Waals surface area contributed by atoms with Gasteiger partial charge in [-0.2, -0.15) is 0 Å². The van der Waals surface area contributed by atoms with Crippen LogP contribution in [-0.2, 0) is 32.3 Å². The Balaban J connectivity index is 1.47. The smallest absolute Gasteiger partial charge is 0.167 e. The largest absolute Gasteiger partial charge is 0.778 e. The Bertz CT molecular complexity index is 717. The lowest BCUT2D eigenvalue weighted by Crippen LogP contribution is -2.31. The minimum atomic E-state index is -4.19. The summed E-state index contributed by atoms with van der Waals surface area (Å²) in [7, 11) is 9.09. The summed E-state index contributed by atoms with van der Waals surface area (Å²) in [5.41, 5.74) is -0.387. The number of hydrogen-bond donors (Lipinski definition) is 0. The summed E-state index contributed by atoms with van der Waals surface area (Å²) in [6.45, 7) is 3.55. The van der Waals surface area contributed by atoms with Crippen molar-refractivity contribution in [3.8, 4) is 0 Å². The average molecular weight is 467 g/mol. The van der Waals surface area contributed by atoms with Crippen LogP contribution in [0.4, 0.5) is 0 Å². The van der Waals surface area contributed by atoms with Gasteiger partial charge in [-0.15, -0.1) is 0 Å². The molecule has 0 aliphatic carbocycles. The maximum atomic E-state index is 12.5. The fourth-order valence-corrected chi connectivity index (χ4v) is 6.07. The first-order valence-electron chi connectivity index (χ1n) is 10.1. The van der Waals surface area contributed by atoms with Crippen LogP contribution < -0.4 is 4.89 Å². The monoisotopic (exact) mass is 467 g/mol. The van der Waals surface area contributed by atoms with Crippen molar-refractivity contribution in [2.75, 3.05) is 27.0 Å². The van der Waals surface area contributed by atoms with Gasteiger partial charge in [-0.05, 0) is 25.8 Å². The maximum Gasteiger partial charge on any atom is 0.167 e. The van der Waals surface area contributed by atoms with Crippen molar-refractivity contribution in [1.29, 1.82) is 0 Å². The topological polar surface area (TPSA) is 108 Å². The van der Waals surface area contributed by atoms with E-state index in [1.54, 1.807) is 14.0 Å². The summed E-state index contributed by atoms with van der Waals surface area (Å²) in [4.78, 5) is 16.4. The summed E-state index contributed by atoms with van der Waals surface area (Å²) in [5, 5.41) is 0. The fraction of sp³-hybridized carbons (Fsp3) is 0.824. The van der Waals surface area contributed by atoms with Gasteiger partial charge in [0.2, 0.25) is 0 Å². The summed E-state index contributed by atoms with van der Waals surface area (Å²) < 4.78 is 46.4. The first-order chi connectivity index (χ1) is 14.7. The maximum absolute atomic E-state index is 12.5. The molecule has 0 amide bonds. The number of nitrogens with zero attached hydrogens (tertiary/aromatic N) is 1. The Morgan fingerprint density at radius 1 is 1.32 bits per heavy atom. The van der Waals surface area contributed by atoms with E-state index in [1.807, 2.05) is 6.66 Å². The molecule has 0 saturated carbocycles. The van der Waals surface area contributed by atoms with Gasteiger partial charge >= 0.3 is 0 Å². The van der Waals surface area contributed by atoms with Crippen molar-refractivity contribution >= 4 is 44.4 Å². The van der Waals surface area contributed by atoms with E-state index in [9.17, 15) is 9.46 Å². The van der Waals surface area contributed by atoms with E-state index in [1.165, 1.54) is 19.4 Å². The van der Waals surface area contributed by atoms with Crippen molar-refractivity contribution in [3.63, 3.8) is 0 Å². The standard InChI is InChI=1S/C17H27B3NO8P2/c1-10-15(4-5-21-10)31(22,23)26-9-14-12(6-16(18)27-14)29-30(3)25-8-13-11(24-2)7-17(20-19)28-13/h4-5,11-17H,6-9H2,1-3H3,(H,22,23)/p-1. The van der Waals surface area contributed by atoms with Crippen LogP contribution in [0.3, 0.4) is 0 Å². The molecule has 3 aliphatic rings. The first-order valence-corrected chi connectivity index (χ1v) is 13.3. The van der Waals surface area contributed by atoms with Crippen LogP contribution in [0.1, 0.15) is 19.8 Å². The molecule has 167 valence electrons. The molecule has 3 rings (SSSR count). The van der Waals surface area contributed by atoms with E-state index in [4.69, 9.17) is 43.4 Å². The van der Waals surface area contributed by atoms with Gasteiger partial charge in [0, 0.05) is 45.4 Å². The van der Waals surface area contributed by atoms with Crippen LogP contribution in [-0.4, -0.2) is 97.5 Å². The molecule has 0 aromatic rings. The molecule has 9 unspecified atom stereocenters. The molecule has 14 heteroatoms. The molecule has 0 aromatic carbocycles. The van der Waals surface area contributed by atoms with E-state index >= 15 is 0 Å². The predicted octanol–water partition coefficient (Wildman–Crippen LogP) is 0.458. The highest BCUT2D eigenvalue weighted by Crippen LogP contribution is 2.47. The Morgan fingerprint density at radius 3 is 2.71 bits per heavy atom. The van der Waals surface area contributed by atoms with Gasteiger partial charge in [-0.25, -0.2) is 0 Å². The highest BCUT2D eigenvalue weighted by Gasteiger charge is 2.38. The van der Waals surface area contributed by atoms with Crippen molar-refractivity contribution < 1.29 is 37.2 Å². The Labute approximate surface area is 188 Å². The lowest BCUT2D eigenvalue weighted by Gasteiger charge is -2.31. The van der Waals surface area contributed by atoms with E-state index in [2.05, 4.69) is 4.99 Å². The van der Waals surface area contributed by atoms with E-state index in [0.717, 1.165) is 0 Å². The van der Waals surface area contributed by atoms with Crippen LogP contribution in [0, 0.1) is 0 Å². The molecule has 2 saturated heterocycles. The van der Waals surface area contributed by atoms with Gasteiger partial charge in [0.05, 0.1) is 38.3 Å². The second-order valence-electron chi connectivity index (χ2n) is 7.64. The van der Waals surface area contributed by atoms with Crippen LogP contribution in [0.2, 0.25) is 0 Å². The number of aliphatic imine (C=N–C) groups is 1. The van der Waals surface area contributed by atoms with Gasteiger partial charge in [0.15, 0.2) is 8.38 Å². The molecule has 5 radical (unpaired) electrons. The van der Waals surface area contributed by atoms with Gasteiger partial charge in [0.1, 0.15) is 27.6 Å². The first kappa shape index (κ1) is 25.6. The van der Waals surface area contributed by atoms with Crippen LogP contribution in [0.15, 0.2) is 17.3 Å². The van der Waals surface area contributed by atoms with Crippen molar-refractivity contribution in [1.82, 2.24) is 0 Å². The zero-order chi connectivity index (χ0) is 22.6. The average Bonchev–Trinajstić information content (AvgIpc) is 3.43. The quantitative estimate of drug-likeness (QED) is 0.319. The number of rotatable bonds is 11. The van der Waals surface area contributed by atoms with Crippen molar-refractivity contribution in [2.24, 2.45) is 4.99 Å². The summed E-state index contributed by atoms with van der Waals surface area (Å²) in [5.74, 6) is 0. The van der Waals surface area contributed by atoms with Crippen LogP contribution in [0.25, 0.3) is 0 Å². The van der Waals surface area contributed by atoms with Crippen molar-refractivity contribution in [2.45, 2.75) is 61.8 Å². The summed E-state index contributed by atoms with van der Waals surface area (Å²) in [6, 6.07) is -0.740. The van der Waals surface area contributed by atoms with Gasteiger partial charge in [-0.1, -0.05) is 0 Å². The Kier molecular flexibility index (Phi) is 9.43. The van der Waals surface area contributed by atoms with Crippen LogP contribution in [0.5, 0.6) is 0 Å². The third-order valence-corrected chi connectivity index (χ3v) is 8.23. The molecule has 31 heavy (non-hydrogen) atoms. The molecule has 9 atom stereocenters. The highest BCUT2D eigenvalue weighted by atomic mass is 31.2. The molecule has 9 nitrogen and oxygen atoms in total. The number of ether oxygens (including phenoxy) is 3. The lowest BCUT2D eigenvalue weighted by atomic mass is 9.51. The minimum Gasteiger partial charge on any atom is -0.778 e. The Hall–Kier alpha value is -0.0152. The zero-order valence-corrected chi connectivity index (χ0v) is 19.7. The molecular formula is C17H26B3NO8P2-. The fourth-order valence-electron chi connectivity index (χ4n) is 3.72. The molecule has 0 bridgehead atoms. The molecule has 3 aliphatic heterocycles. The minimum absolute atomic E-state index is 0.111. The van der Waals surface area contributed by atoms with Gasteiger partial charge in [-0.3, -0.25) is 4.99 Å². The summed E-state index contributed by atoms with van der Waals surface area (Å²) in [6.07, 6.45) is 2.58. The molecular weight excluding hydrogens is 441 g/mol. The number of hydrogen-bond acceptors (Lipinski definition) is 9. The third-order valence-electron chi connectivity index (χ3n) is 5.41. The van der Waals surface area contributed by atoms with Gasteiger partial charge < -0.3 is 37.2 Å². The second kappa shape index (κ2) is 11.4. The Morgan fingerprint density at radius 2 is 2.06 bits per heavy atom. The molecule has 0 N–H and O–H groups in total. The molecule has 2 fully saturated rings. The van der Waals surface area contributed by atoms with E-state index < -0.39 is 39.8 Å². The third kappa shape index (κ3) is 6.75. The SMILES string of the molecule is [B][B]C1CC(OC)C(COP(C)OC2CC([B])OC2COP(=O)([O-])C2C=CN=C2C)O1. The van der Waals surface area contributed by atoms with Gasteiger partial charge in [0.25, 0.3) is 0 Å². The zero-order valence-electron chi connectivity index (χ0n) is 17.9. The lowest BCUT2D eigenvalue weighted by molar-refractivity contribution is -0.201. The van der Waals surface area contributed by atoms with Crippen LogP contribution >= 0.6 is 16.0 Å². The molecule has 0 spiro atoms. The number of allylic oxidation sites excluding steroid dienone is 1. The van der Waals surface area contributed by atoms with E-state index in [-0.39, 0.29) is 31.4 Å².